The molecule has 0 saturated heterocycles. The van der Waals surface area contributed by atoms with Crippen molar-refractivity contribution in [3.63, 3.8) is 0 Å². The predicted octanol–water partition coefficient (Wildman–Crippen LogP) is 2.34. The fraction of sp³-hybridized carbons (Fsp3) is 0.125. The first-order valence-electron chi connectivity index (χ1n) is 3.73. The maximum atomic E-state index is 5.78. The molecule has 0 aliphatic heterocycles. The number of aromatic nitrogens is 3. The number of fused-ring (bicyclic) bond motifs is 1. The van der Waals surface area contributed by atoms with E-state index in [2.05, 4.69) is 15.0 Å². The van der Waals surface area contributed by atoms with Crippen LogP contribution in [0.25, 0.3) is 11.0 Å². The molecule has 0 bridgehead atoms. The van der Waals surface area contributed by atoms with Crippen LogP contribution in [-0.4, -0.2) is 22.1 Å². The van der Waals surface area contributed by atoms with Crippen molar-refractivity contribution in [1.82, 2.24) is 15.0 Å². The van der Waals surface area contributed by atoms with E-state index in [9.17, 15) is 0 Å². The maximum Gasteiger partial charge on any atom is 0.227 e. The van der Waals surface area contributed by atoms with Crippen molar-refractivity contribution in [3.05, 3.63) is 22.6 Å². The summed E-state index contributed by atoms with van der Waals surface area (Å²) in [5, 5.41) is 1.25. The molecule has 0 amide bonds. The first-order chi connectivity index (χ1) is 6.70. The molecule has 0 aliphatic rings. The summed E-state index contributed by atoms with van der Waals surface area (Å²) in [5.41, 5.74) is 0.464. The monoisotopic (exact) mass is 229 g/mol. The molecule has 0 spiro atoms. The molecule has 0 aliphatic carbocycles. The van der Waals surface area contributed by atoms with Crippen LogP contribution in [0.5, 0.6) is 5.88 Å². The summed E-state index contributed by atoms with van der Waals surface area (Å²) < 4.78 is 5.03. The second-order valence-corrected chi connectivity index (χ2v) is 3.30. The molecule has 14 heavy (non-hydrogen) atoms. The molecule has 4 nitrogen and oxygen atoms in total. The molecule has 2 heterocycles. The highest BCUT2D eigenvalue weighted by Crippen LogP contribution is 2.24. The SMILES string of the molecule is COc1nc(Cl)nc2ncc(Cl)cc12. The van der Waals surface area contributed by atoms with Gasteiger partial charge < -0.3 is 4.74 Å². The van der Waals surface area contributed by atoms with Crippen molar-refractivity contribution in [2.24, 2.45) is 0 Å². The van der Waals surface area contributed by atoms with Gasteiger partial charge in [0, 0.05) is 6.20 Å². The second-order valence-electron chi connectivity index (χ2n) is 2.53. The topological polar surface area (TPSA) is 47.9 Å². The van der Waals surface area contributed by atoms with E-state index in [4.69, 9.17) is 27.9 Å². The Labute approximate surface area is 89.9 Å². The van der Waals surface area contributed by atoms with Crippen molar-refractivity contribution in [3.8, 4) is 5.88 Å². The average Bonchev–Trinajstić information content (AvgIpc) is 2.17. The van der Waals surface area contributed by atoms with Crippen molar-refractivity contribution in [2.75, 3.05) is 7.11 Å². The van der Waals surface area contributed by atoms with E-state index in [0.29, 0.717) is 21.9 Å². The Morgan fingerprint density at radius 3 is 2.79 bits per heavy atom. The fourth-order valence-corrected chi connectivity index (χ4v) is 1.41. The van der Waals surface area contributed by atoms with Crippen molar-refractivity contribution in [2.45, 2.75) is 0 Å². The molecule has 0 fully saturated rings. The minimum atomic E-state index is 0.101. The number of hydrogen-bond acceptors (Lipinski definition) is 4. The summed E-state index contributed by atoms with van der Waals surface area (Å²) >= 11 is 11.4. The smallest absolute Gasteiger partial charge is 0.227 e. The maximum absolute atomic E-state index is 5.78. The Morgan fingerprint density at radius 2 is 2.07 bits per heavy atom. The highest BCUT2D eigenvalue weighted by atomic mass is 35.5. The molecule has 2 aromatic rings. The van der Waals surface area contributed by atoms with Gasteiger partial charge in [-0.2, -0.15) is 9.97 Å². The molecule has 0 radical (unpaired) electrons. The van der Waals surface area contributed by atoms with Crippen LogP contribution in [0.3, 0.4) is 0 Å². The van der Waals surface area contributed by atoms with E-state index in [-0.39, 0.29) is 5.28 Å². The second kappa shape index (κ2) is 3.55. The Bertz CT molecular complexity index is 489. The van der Waals surface area contributed by atoms with E-state index in [0.717, 1.165) is 0 Å². The van der Waals surface area contributed by atoms with E-state index < -0.39 is 0 Å². The summed E-state index contributed by atoms with van der Waals surface area (Å²) in [6.45, 7) is 0. The third-order valence-electron chi connectivity index (χ3n) is 1.65. The first kappa shape index (κ1) is 9.43. The molecule has 2 aromatic heterocycles. The van der Waals surface area contributed by atoms with Gasteiger partial charge in [0.2, 0.25) is 11.2 Å². The van der Waals surface area contributed by atoms with Gasteiger partial charge in [-0.25, -0.2) is 4.98 Å². The lowest BCUT2D eigenvalue weighted by molar-refractivity contribution is 0.402. The van der Waals surface area contributed by atoms with Crippen molar-refractivity contribution in [1.29, 1.82) is 0 Å². The van der Waals surface area contributed by atoms with Crippen molar-refractivity contribution < 1.29 is 4.74 Å². The third kappa shape index (κ3) is 1.58. The normalized spacial score (nSPS) is 10.5. The lowest BCUT2D eigenvalue weighted by Gasteiger charge is -2.03. The van der Waals surface area contributed by atoms with Gasteiger partial charge in [-0.05, 0) is 17.7 Å². The van der Waals surface area contributed by atoms with Crippen LogP contribution in [0.4, 0.5) is 0 Å². The summed E-state index contributed by atoms with van der Waals surface area (Å²) in [7, 11) is 1.50. The van der Waals surface area contributed by atoms with Gasteiger partial charge in [0.15, 0.2) is 5.65 Å². The number of pyridine rings is 1. The number of hydrogen-bond donors (Lipinski definition) is 0. The molecule has 0 unspecified atom stereocenters. The zero-order valence-corrected chi connectivity index (χ0v) is 8.67. The van der Waals surface area contributed by atoms with Crippen LogP contribution >= 0.6 is 23.2 Å². The Hall–Kier alpha value is -1.13. The molecule has 0 N–H and O–H groups in total. The Kier molecular flexibility index (Phi) is 2.39. The van der Waals surface area contributed by atoms with Gasteiger partial charge in [-0.1, -0.05) is 11.6 Å². The van der Waals surface area contributed by atoms with Gasteiger partial charge in [-0.15, -0.1) is 0 Å². The van der Waals surface area contributed by atoms with E-state index in [1.807, 2.05) is 0 Å². The number of rotatable bonds is 1. The Balaban J connectivity index is 2.81. The molecule has 6 heteroatoms. The van der Waals surface area contributed by atoms with E-state index in [1.165, 1.54) is 13.3 Å². The number of ether oxygens (including phenoxy) is 1. The summed E-state index contributed by atoms with van der Waals surface area (Å²) in [5.74, 6) is 0.370. The van der Waals surface area contributed by atoms with Crippen LogP contribution in [-0.2, 0) is 0 Å². The minimum Gasteiger partial charge on any atom is -0.480 e. The van der Waals surface area contributed by atoms with Gasteiger partial charge in [0.1, 0.15) is 0 Å². The van der Waals surface area contributed by atoms with Crippen LogP contribution in [0.2, 0.25) is 10.3 Å². The minimum absolute atomic E-state index is 0.101. The first-order valence-corrected chi connectivity index (χ1v) is 4.49. The third-order valence-corrected chi connectivity index (χ3v) is 2.02. The summed E-state index contributed by atoms with van der Waals surface area (Å²) in [6, 6.07) is 1.68. The molecule has 0 aromatic carbocycles. The standard InChI is InChI=1S/C8H5Cl2N3O/c1-14-7-5-2-4(9)3-11-6(5)12-8(10)13-7/h2-3H,1H3. The average molecular weight is 230 g/mol. The zero-order chi connectivity index (χ0) is 10.1. The Morgan fingerprint density at radius 1 is 1.29 bits per heavy atom. The lowest BCUT2D eigenvalue weighted by Crippen LogP contribution is -1.94. The highest BCUT2D eigenvalue weighted by molar-refractivity contribution is 6.31. The quantitative estimate of drug-likeness (QED) is 0.705. The predicted molar refractivity (Wildman–Crippen MR) is 53.9 cm³/mol. The summed E-state index contributed by atoms with van der Waals surface area (Å²) in [6.07, 6.45) is 1.49. The van der Waals surface area contributed by atoms with E-state index >= 15 is 0 Å². The number of halogens is 2. The molecule has 2 rings (SSSR count). The van der Waals surface area contributed by atoms with E-state index in [1.54, 1.807) is 6.07 Å². The fourth-order valence-electron chi connectivity index (χ4n) is 1.09. The van der Waals surface area contributed by atoms with Crippen LogP contribution in [0, 0.1) is 0 Å². The van der Waals surface area contributed by atoms with Crippen molar-refractivity contribution >= 4 is 34.2 Å². The van der Waals surface area contributed by atoms with Crippen LogP contribution in [0.1, 0.15) is 0 Å². The van der Waals surface area contributed by atoms with Gasteiger partial charge in [0.25, 0.3) is 0 Å². The molecular weight excluding hydrogens is 225 g/mol. The van der Waals surface area contributed by atoms with Gasteiger partial charge in [0.05, 0.1) is 17.5 Å². The summed E-state index contributed by atoms with van der Waals surface area (Å²) in [4.78, 5) is 11.8. The molecule has 0 atom stereocenters. The zero-order valence-electron chi connectivity index (χ0n) is 7.16. The van der Waals surface area contributed by atoms with Crippen LogP contribution in [0.15, 0.2) is 12.3 Å². The molecule has 0 saturated carbocycles. The van der Waals surface area contributed by atoms with Gasteiger partial charge >= 0.3 is 0 Å². The van der Waals surface area contributed by atoms with Crippen LogP contribution < -0.4 is 4.74 Å². The van der Waals surface area contributed by atoms with Gasteiger partial charge in [-0.3, -0.25) is 0 Å². The molecular formula is C8H5Cl2N3O. The highest BCUT2D eigenvalue weighted by Gasteiger charge is 2.08. The largest absolute Gasteiger partial charge is 0.480 e. The number of methoxy groups -OCH3 is 1. The molecule has 72 valence electrons. The lowest BCUT2D eigenvalue weighted by atomic mass is 10.3. The number of nitrogens with zero attached hydrogens (tertiary/aromatic N) is 3.